The van der Waals surface area contributed by atoms with E-state index in [-0.39, 0.29) is 23.4 Å². The summed E-state index contributed by atoms with van der Waals surface area (Å²) in [5, 5.41) is 5.47. The average molecular weight is 330 g/mol. The van der Waals surface area contributed by atoms with Crippen LogP contribution in [0.3, 0.4) is 0 Å². The van der Waals surface area contributed by atoms with Crippen molar-refractivity contribution in [3.05, 3.63) is 29.0 Å². The molecule has 0 aliphatic rings. The third-order valence-electron chi connectivity index (χ3n) is 3.24. The molecule has 0 spiro atoms. The van der Waals surface area contributed by atoms with Crippen molar-refractivity contribution < 1.29 is 14.0 Å². The summed E-state index contributed by atoms with van der Waals surface area (Å²) in [6, 6.07) is 3.24. The minimum Gasteiger partial charge on any atom is -0.355 e. The molecule has 0 saturated heterocycles. The summed E-state index contributed by atoms with van der Waals surface area (Å²) < 4.78 is 13.0. The zero-order valence-electron chi connectivity index (χ0n) is 13.0. The van der Waals surface area contributed by atoms with Crippen molar-refractivity contribution in [2.24, 2.45) is 0 Å². The fourth-order valence-electron chi connectivity index (χ4n) is 1.95. The van der Waals surface area contributed by atoms with Crippen LogP contribution in [0.1, 0.15) is 20.8 Å². The largest absolute Gasteiger partial charge is 0.355 e. The Morgan fingerprint density at radius 2 is 2.05 bits per heavy atom. The molecule has 2 N–H and O–H groups in total. The van der Waals surface area contributed by atoms with Gasteiger partial charge in [0.05, 0.1) is 23.3 Å². The molecule has 2 amide bonds. The van der Waals surface area contributed by atoms with E-state index < -0.39 is 11.9 Å². The smallest absolute Gasteiger partial charge is 0.241 e. The zero-order valence-corrected chi connectivity index (χ0v) is 13.7. The Hall–Kier alpha value is -1.66. The van der Waals surface area contributed by atoms with Crippen LogP contribution < -0.4 is 10.6 Å². The third kappa shape index (κ3) is 5.27. The van der Waals surface area contributed by atoms with E-state index >= 15 is 0 Å². The molecule has 0 bridgehead atoms. The fourth-order valence-corrected chi connectivity index (χ4v) is 2.17. The average Bonchev–Trinajstić information content (AvgIpc) is 2.47. The predicted octanol–water partition coefficient (Wildman–Crippen LogP) is 2.26. The Kier molecular flexibility index (Phi) is 7.27. The van der Waals surface area contributed by atoms with Gasteiger partial charge in [-0.25, -0.2) is 4.39 Å². The second-order valence-corrected chi connectivity index (χ2v) is 5.21. The number of amides is 2. The van der Waals surface area contributed by atoms with Crippen molar-refractivity contribution >= 4 is 29.1 Å². The molecular weight excluding hydrogens is 309 g/mol. The van der Waals surface area contributed by atoms with E-state index in [1.54, 1.807) is 11.8 Å². The molecule has 0 aliphatic carbocycles. The number of anilines is 1. The number of carbonyl (C=O) groups excluding carboxylic acids is 2. The molecule has 122 valence electrons. The standard InChI is InChI=1S/C15H21ClFN3O2/c1-4-18-14(21)9-20(5-2)10(3)15(22)19-13-7-6-11(17)8-12(13)16/h6-8,10H,4-5,9H2,1-3H3,(H,18,21)(H,19,22)/t10-/m0/s1. The molecule has 22 heavy (non-hydrogen) atoms. The summed E-state index contributed by atoms with van der Waals surface area (Å²) in [6.45, 7) is 6.63. The highest BCUT2D eigenvalue weighted by atomic mass is 35.5. The highest BCUT2D eigenvalue weighted by molar-refractivity contribution is 6.33. The third-order valence-corrected chi connectivity index (χ3v) is 3.56. The number of nitrogens with zero attached hydrogens (tertiary/aromatic N) is 1. The Morgan fingerprint density at radius 1 is 1.36 bits per heavy atom. The van der Waals surface area contributed by atoms with Crippen LogP contribution in [0.25, 0.3) is 0 Å². The number of benzene rings is 1. The number of hydrogen-bond acceptors (Lipinski definition) is 3. The van der Waals surface area contributed by atoms with E-state index in [2.05, 4.69) is 10.6 Å². The van der Waals surface area contributed by atoms with E-state index in [1.807, 2.05) is 13.8 Å². The van der Waals surface area contributed by atoms with Gasteiger partial charge >= 0.3 is 0 Å². The molecule has 0 heterocycles. The van der Waals surface area contributed by atoms with Gasteiger partial charge in [-0.3, -0.25) is 14.5 Å². The van der Waals surface area contributed by atoms with Crippen molar-refractivity contribution in [1.29, 1.82) is 0 Å². The molecule has 5 nitrogen and oxygen atoms in total. The second-order valence-electron chi connectivity index (χ2n) is 4.81. The lowest BCUT2D eigenvalue weighted by Gasteiger charge is -2.26. The topological polar surface area (TPSA) is 61.4 Å². The van der Waals surface area contributed by atoms with Crippen molar-refractivity contribution in [3.8, 4) is 0 Å². The highest BCUT2D eigenvalue weighted by Gasteiger charge is 2.22. The van der Waals surface area contributed by atoms with Crippen LogP contribution in [-0.4, -0.2) is 42.4 Å². The fraction of sp³-hybridized carbons (Fsp3) is 0.467. The summed E-state index contributed by atoms with van der Waals surface area (Å²) in [6.07, 6.45) is 0. The monoisotopic (exact) mass is 329 g/mol. The van der Waals surface area contributed by atoms with E-state index in [0.717, 1.165) is 6.07 Å². The molecule has 1 aromatic rings. The van der Waals surface area contributed by atoms with Gasteiger partial charge in [0.2, 0.25) is 11.8 Å². The summed E-state index contributed by atoms with van der Waals surface area (Å²) in [4.78, 5) is 25.6. The summed E-state index contributed by atoms with van der Waals surface area (Å²) in [5.74, 6) is -0.911. The lowest BCUT2D eigenvalue weighted by atomic mass is 10.2. The zero-order chi connectivity index (χ0) is 16.7. The number of rotatable bonds is 7. The van der Waals surface area contributed by atoms with E-state index in [1.165, 1.54) is 12.1 Å². The van der Waals surface area contributed by atoms with Gasteiger partial charge in [0.1, 0.15) is 5.82 Å². The van der Waals surface area contributed by atoms with Crippen LogP contribution in [0.5, 0.6) is 0 Å². The summed E-state index contributed by atoms with van der Waals surface area (Å²) >= 11 is 5.88. The number of halogens is 2. The Labute approximate surface area is 134 Å². The number of nitrogens with one attached hydrogen (secondary N) is 2. The molecular formula is C15H21ClFN3O2. The second kappa shape index (κ2) is 8.70. The SMILES string of the molecule is CCNC(=O)CN(CC)[C@@H](C)C(=O)Nc1ccc(F)cc1Cl. The van der Waals surface area contributed by atoms with Crippen molar-refractivity contribution in [2.45, 2.75) is 26.8 Å². The minimum absolute atomic E-state index is 0.132. The number of likely N-dealkylation sites (N-methyl/N-ethyl adjacent to an activating group) is 2. The molecule has 0 aromatic heterocycles. The van der Waals surface area contributed by atoms with Gasteiger partial charge in [0.15, 0.2) is 0 Å². The van der Waals surface area contributed by atoms with Crippen LogP contribution >= 0.6 is 11.6 Å². The lowest BCUT2D eigenvalue weighted by Crippen LogP contribution is -2.46. The van der Waals surface area contributed by atoms with Gasteiger partial charge in [0, 0.05) is 6.54 Å². The molecule has 0 aliphatic heterocycles. The molecule has 7 heteroatoms. The molecule has 0 saturated carbocycles. The van der Waals surface area contributed by atoms with Crippen molar-refractivity contribution in [2.75, 3.05) is 25.0 Å². The number of carbonyl (C=O) groups is 2. The van der Waals surface area contributed by atoms with Gasteiger partial charge in [-0.1, -0.05) is 18.5 Å². The van der Waals surface area contributed by atoms with Crippen LogP contribution in [0.4, 0.5) is 10.1 Å². The Morgan fingerprint density at radius 3 is 2.59 bits per heavy atom. The maximum absolute atomic E-state index is 13.0. The quantitative estimate of drug-likeness (QED) is 0.806. The molecule has 0 radical (unpaired) electrons. The predicted molar refractivity (Wildman–Crippen MR) is 85.4 cm³/mol. The first-order chi connectivity index (χ1) is 10.4. The van der Waals surface area contributed by atoms with E-state index in [9.17, 15) is 14.0 Å². The normalized spacial score (nSPS) is 12.1. The minimum atomic E-state index is -0.520. The first-order valence-corrected chi connectivity index (χ1v) is 7.53. The molecule has 1 atom stereocenters. The van der Waals surface area contributed by atoms with Gasteiger partial charge in [-0.05, 0) is 38.6 Å². The Bertz CT molecular complexity index is 540. The first kappa shape index (κ1) is 18.4. The molecule has 1 aromatic carbocycles. The highest BCUT2D eigenvalue weighted by Crippen LogP contribution is 2.22. The van der Waals surface area contributed by atoms with Crippen molar-refractivity contribution in [1.82, 2.24) is 10.2 Å². The van der Waals surface area contributed by atoms with Crippen molar-refractivity contribution in [3.63, 3.8) is 0 Å². The van der Waals surface area contributed by atoms with Gasteiger partial charge in [0.25, 0.3) is 0 Å². The van der Waals surface area contributed by atoms with Gasteiger partial charge in [-0.2, -0.15) is 0 Å². The molecule has 1 rings (SSSR count). The van der Waals surface area contributed by atoms with Crippen LogP contribution in [0, 0.1) is 5.82 Å². The van der Waals surface area contributed by atoms with E-state index in [4.69, 9.17) is 11.6 Å². The van der Waals surface area contributed by atoms with Gasteiger partial charge < -0.3 is 10.6 Å². The molecule has 0 fully saturated rings. The lowest BCUT2D eigenvalue weighted by molar-refractivity contribution is -0.125. The van der Waals surface area contributed by atoms with Crippen LogP contribution in [-0.2, 0) is 9.59 Å². The first-order valence-electron chi connectivity index (χ1n) is 7.15. The Balaban J connectivity index is 2.71. The summed E-state index contributed by atoms with van der Waals surface area (Å²) in [7, 11) is 0. The van der Waals surface area contributed by atoms with Crippen LogP contribution in [0.15, 0.2) is 18.2 Å². The number of hydrogen-bond donors (Lipinski definition) is 2. The maximum Gasteiger partial charge on any atom is 0.241 e. The molecule has 0 unspecified atom stereocenters. The maximum atomic E-state index is 13.0. The summed E-state index contributed by atoms with van der Waals surface area (Å²) in [5.41, 5.74) is 0.342. The van der Waals surface area contributed by atoms with E-state index in [0.29, 0.717) is 18.8 Å². The van der Waals surface area contributed by atoms with Gasteiger partial charge in [-0.15, -0.1) is 0 Å². The van der Waals surface area contributed by atoms with Crippen LogP contribution in [0.2, 0.25) is 5.02 Å².